The average molecular weight is 491 g/mol. The fourth-order valence-corrected chi connectivity index (χ4v) is 5.99. The summed E-state index contributed by atoms with van der Waals surface area (Å²) in [7, 11) is 0. The first-order valence-electron chi connectivity index (χ1n) is 12.3. The number of benzene rings is 5. The molecule has 0 unspecified atom stereocenters. The summed E-state index contributed by atoms with van der Waals surface area (Å²) in [6.45, 7) is 0. The Labute approximate surface area is 219 Å². The van der Waals surface area contributed by atoms with Gasteiger partial charge in [-0.15, -0.1) is 11.3 Å². The highest BCUT2D eigenvalue weighted by atomic mass is 32.1. The van der Waals surface area contributed by atoms with Gasteiger partial charge in [-0.2, -0.15) is 0 Å². The summed E-state index contributed by atoms with van der Waals surface area (Å²) in [6, 6.07) is 46.7. The fourth-order valence-electron chi connectivity index (χ4n) is 4.84. The highest BCUT2D eigenvalue weighted by Gasteiger charge is 2.17. The van der Waals surface area contributed by atoms with Crippen molar-refractivity contribution in [2.45, 2.75) is 0 Å². The van der Waals surface area contributed by atoms with E-state index in [0.717, 1.165) is 38.4 Å². The van der Waals surface area contributed by atoms with E-state index in [9.17, 15) is 0 Å². The minimum absolute atomic E-state index is 0.746. The Bertz CT molecular complexity index is 1850. The third-order valence-corrected chi connectivity index (χ3v) is 7.88. The first-order valence-corrected chi connectivity index (χ1v) is 13.2. The van der Waals surface area contributed by atoms with Gasteiger partial charge in [0, 0.05) is 21.2 Å². The van der Waals surface area contributed by atoms with E-state index >= 15 is 0 Å². The molecule has 0 amide bonds. The Morgan fingerprint density at radius 1 is 0.432 bits per heavy atom. The third kappa shape index (κ3) is 4.00. The van der Waals surface area contributed by atoms with Crippen LogP contribution in [0.1, 0.15) is 0 Å². The quantitative estimate of drug-likeness (QED) is 0.245. The molecule has 0 aliphatic heterocycles. The number of thiophene rings is 1. The van der Waals surface area contributed by atoms with E-state index in [-0.39, 0.29) is 0 Å². The summed E-state index contributed by atoms with van der Waals surface area (Å²) >= 11 is 1.76. The highest BCUT2D eigenvalue weighted by Crippen LogP contribution is 2.40. The Morgan fingerprint density at radius 2 is 1.00 bits per heavy atom. The molecule has 7 aromatic rings. The number of hydrogen-bond acceptors (Lipinski definition) is 3. The first-order chi connectivity index (χ1) is 18.3. The van der Waals surface area contributed by atoms with Gasteiger partial charge >= 0.3 is 0 Å². The minimum atomic E-state index is 0.746. The van der Waals surface area contributed by atoms with Crippen molar-refractivity contribution in [1.82, 2.24) is 9.97 Å². The maximum Gasteiger partial charge on any atom is 0.160 e. The lowest BCUT2D eigenvalue weighted by molar-refractivity contribution is 1.24. The van der Waals surface area contributed by atoms with E-state index in [0.29, 0.717) is 0 Å². The second kappa shape index (κ2) is 9.12. The van der Waals surface area contributed by atoms with Gasteiger partial charge < -0.3 is 0 Å². The molecule has 0 fully saturated rings. The van der Waals surface area contributed by atoms with Gasteiger partial charge in [0.05, 0.1) is 15.9 Å². The van der Waals surface area contributed by atoms with Crippen molar-refractivity contribution < 1.29 is 0 Å². The molecular weight excluding hydrogens is 468 g/mol. The van der Waals surface area contributed by atoms with Crippen LogP contribution < -0.4 is 0 Å². The van der Waals surface area contributed by atoms with Crippen molar-refractivity contribution in [3.8, 4) is 44.9 Å². The smallest absolute Gasteiger partial charge is 0.160 e. The van der Waals surface area contributed by atoms with E-state index in [1.807, 2.05) is 12.1 Å². The molecule has 0 saturated heterocycles. The van der Waals surface area contributed by atoms with Gasteiger partial charge in [-0.3, -0.25) is 0 Å². The molecular formula is C34H22N2S. The van der Waals surface area contributed by atoms with Crippen molar-refractivity contribution in [2.24, 2.45) is 0 Å². The van der Waals surface area contributed by atoms with Gasteiger partial charge in [-0.1, -0.05) is 121 Å². The largest absolute Gasteiger partial charge is 0.226 e. The standard InChI is InChI=1S/C34H22N2S/c1-3-10-23(11-4-1)25-18-20-26(21-19-25)31-33-32(29-16-7-8-17-30(29)37-33)36-34(35-31)28-15-9-14-27(22-28)24-12-5-2-6-13-24/h1-22H. The molecule has 2 aromatic heterocycles. The fraction of sp³-hybridized carbons (Fsp3) is 0. The van der Waals surface area contributed by atoms with Crippen LogP contribution in [0, 0.1) is 0 Å². The van der Waals surface area contributed by atoms with E-state index in [1.54, 1.807) is 11.3 Å². The summed E-state index contributed by atoms with van der Waals surface area (Å²) in [5, 5.41) is 1.17. The number of rotatable bonds is 4. The number of hydrogen-bond donors (Lipinski definition) is 0. The molecule has 0 atom stereocenters. The van der Waals surface area contributed by atoms with Gasteiger partial charge in [-0.05, 0) is 34.4 Å². The van der Waals surface area contributed by atoms with Crippen LogP contribution >= 0.6 is 11.3 Å². The van der Waals surface area contributed by atoms with E-state index < -0.39 is 0 Å². The molecule has 174 valence electrons. The molecule has 0 aliphatic rings. The zero-order valence-corrected chi connectivity index (χ0v) is 20.8. The Kier molecular flexibility index (Phi) is 5.34. The molecule has 2 nitrogen and oxygen atoms in total. The second-order valence-corrected chi connectivity index (χ2v) is 10.1. The number of fused-ring (bicyclic) bond motifs is 3. The lowest BCUT2D eigenvalue weighted by atomic mass is 10.0. The van der Waals surface area contributed by atoms with Crippen LogP contribution in [0.15, 0.2) is 133 Å². The normalized spacial score (nSPS) is 11.2. The van der Waals surface area contributed by atoms with Crippen molar-refractivity contribution >= 4 is 31.6 Å². The molecule has 37 heavy (non-hydrogen) atoms. The lowest BCUT2D eigenvalue weighted by Gasteiger charge is -2.09. The highest BCUT2D eigenvalue weighted by molar-refractivity contribution is 7.26. The SMILES string of the molecule is c1ccc(-c2ccc(-c3nc(-c4cccc(-c5ccccc5)c4)nc4c3sc3ccccc34)cc2)cc1. The van der Waals surface area contributed by atoms with Crippen molar-refractivity contribution in [2.75, 3.05) is 0 Å². The first kappa shape index (κ1) is 21.7. The number of nitrogens with zero attached hydrogens (tertiary/aromatic N) is 2. The summed E-state index contributed by atoms with van der Waals surface area (Å²) < 4.78 is 2.35. The maximum atomic E-state index is 5.17. The monoisotopic (exact) mass is 490 g/mol. The van der Waals surface area contributed by atoms with Crippen LogP contribution in [0.4, 0.5) is 0 Å². The van der Waals surface area contributed by atoms with Gasteiger partial charge in [0.1, 0.15) is 0 Å². The summed E-state index contributed by atoms with van der Waals surface area (Å²) in [5.41, 5.74) is 8.85. The zero-order valence-electron chi connectivity index (χ0n) is 20.0. The summed E-state index contributed by atoms with van der Waals surface area (Å²) in [5.74, 6) is 0.746. The summed E-state index contributed by atoms with van der Waals surface area (Å²) in [4.78, 5) is 10.3. The average Bonchev–Trinajstić information content (AvgIpc) is 3.36. The maximum absolute atomic E-state index is 5.17. The van der Waals surface area contributed by atoms with Crippen LogP contribution in [0.5, 0.6) is 0 Å². The Morgan fingerprint density at radius 3 is 1.76 bits per heavy atom. The van der Waals surface area contributed by atoms with Gasteiger partial charge in [0.2, 0.25) is 0 Å². The van der Waals surface area contributed by atoms with Crippen LogP contribution in [0.3, 0.4) is 0 Å². The van der Waals surface area contributed by atoms with E-state index in [4.69, 9.17) is 9.97 Å². The molecule has 3 heteroatoms. The zero-order chi connectivity index (χ0) is 24.6. The minimum Gasteiger partial charge on any atom is -0.226 e. The molecule has 7 rings (SSSR count). The topological polar surface area (TPSA) is 25.8 Å². The molecule has 0 N–H and O–H groups in total. The third-order valence-electron chi connectivity index (χ3n) is 6.71. The van der Waals surface area contributed by atoms with Crippen molar-refractivity contribution in [1.29, 1.82) is 0 Å². The van der Waals surface area contributed by atoms with Crippen LogP contribution in [-0.4, -0.2) is 9.97 Å². The Hall–Kier alpha value is -4.60. The summed E-state index contributed by atoms with van der Waals surface area (Å²) in [6.07, 6.45) is 0. The lowest BCUT2D eigenvalue weighted by Crippen LogP contribution is -1.94. The molecule has 0 saturated carbocycles. The van der Waals surface area contributed by atoms with Crippen molar-refractivity contribution in [3.05, 3.63) is 133 Å². The van der Waals surface area contributed by atoms with Gasteiger partial charge in [0.15, 0.2) is 5.82 Å². The second-order valence-electron chi connectivity index (χ2n) is 9.06. The van der Waals surface area contributed by atoms with Crippen LogP contribution in [0.2, 0.25) is 0 Å². The molecule has 0 radical (unpaired) electrons. The molecule has 5 aromatic carbocycles. The van der Waals surface area contributed by atoms with Crippen LogP contribution in [-0.2, 0) is 0 Å². The predicted molar refractivity (Wildman–Crippen MR) is 157 cm³/mol. The Balaban J connectivity index is 1.42. The van der Waals surface area contributed by atoms with Crippen molar-refractivity contribution in [3.63, 3.8) is 0 Å². The molecule has 0 aliphatic carbocycles. The van der Waals surface area contributed by atoms with Gasteiger partial charge in [0.25, 0.3) is 0 Å². The predicted octanol–water partition coefficient (Wildman–Crippen LogP) is 9.51. The van der Waals surface area contributed by atoms with E-state index in [2.05, 4.69) is 121 Å². The molecule has 0 spiro atoms. The van der Waals surface area contributed by atoms with E-state index in [1.165, 1.54) is 26.8 Å². The molecule has 0 bridgehead atoms. The van der Waals surface area contributed by atoms with Gasteiger partial charge in [-0.25, -0.2) is 9.97 Å². The van der Waals surface area contributed by atoms with Crippen LogP contribution in [0.25, 0.3) is 65.2 Å². The number of aromatic nitrogens is 2. The molecule has 2 heterocycles.